The molecule has 0 saturated carbocycles. The molecule has 0 bridgehead atoms. The van der Waals surface area contributed by atoms with Crippen LogP contribution in [0, 0.1) is 17.1 Å². The SMILES string of the molecule is N#CC(CC(=O)N1CCCC1)Nc1ccc(F)cc1. The van der Waals surface area contributed by atoms with Crippen molar-refractivity contribution in [2.24, 2.45) is 0 Å². The molecule has 0 radical (unpaired) electrons. The number of anilines is 1. The van der Waals surface area contributed by atoms with E-state index in [9.17, 15) is 9.18 Å². The summed E-state index contributed by atoms with van der Waals surface area (Å²) in [6, 6.07) is 7.23. The van der Waals surface area contributed by atoms with Gasteiger partial charge >= 0.3 is 0 Å². The molecule has 1 heterocycles. The molecule has 1 aromatic carbocycles. The average Bonchev–Trinajstić information content (AvgIpc) is 2.94. The molecule has 0 aromatic heterocycles. The quantitative estimate of drug-likeness (QED) is 0.903. The Labute approximate surface area is 111 Å². The molecular formula is C14H16FN3O. The lowest BCUT2D eigenvalue weighted by Gasteiger charge is -2.18. The third-order valence-corrected chi connectivity index (χ3v) is 3.18. The second kappa shape index (κ2) is 6.19. The van der Waals surface area contributed by atoms with Gasteiger partial charge in [-0.25, -0.2) is 4.39 Å². The molecule has 100 valence electrons. The van der Waals surface area contributed by atoms with Crippen molar-refractivity contribution in [3.05, 3.63) is 30.1 Å². The van der Waals surface area contributed by atoms with E-state index in [-0.39, 0.29) is 18.1 Å². The zero-order valence-electron chi connectivity index (χ0n) is 10.6. The van der Waals surface area contributed by atoms with Gasteiger partial charge in [-0.05, 0) is 37.1 Å². The van der Waals surface area contributed by atoms with Crippen LogP contribution in [0.15, 0.2) is 24.3 Å². The first kappa shape index (κ1) is 13.3. The predicted octanol–water partition coefficient (Wildman–Crippen LogP) is 2.14. The summed E-state index contributed by atoms with van der Waals surface area (Å²) in [5, 5.41) is 12.0. The fraction of sp³-hybridized carbons (Fsp3) is 0.429. The molecule has 1 amide bonds. The van der Waals surface area contributed by atoms with Gasteiger partial charge in [-0.15, -0.1) is 0 Å². The molecule has 0 spiro atoms. The summed E-state index contributed by atoms with van der Waals surface area (Å²) in [7, 11) is 0. The number of hydrogen-bond acceptors (Lipinski definition) is 3. The smallest absolute Gasteiger partial charge is 0.225 e. The van der Waals surface area contributed by atoms with Crippen LogP contribution >= 0.6 is 0 Å². The summed E-state index contributed by atoms with van der Waals surface area (Å²) in [6.45, 7) is 1.57. The minimum atomic E-state index is -0.585. The summed E-state index contributed by atoms with van der Waals surface area (Å²) in [4.78, 5) is 13.7. The molecule has 1 aliphatic heterocycles. The standard InChI is InChI=1S/C14H16FN3O/c15-11-3-5-12(6-4-11)17-13(10-16)9-14(19)18-7-1-2-8-18/h3-6,13,17H,1-2,7-9H2. The zero-order chi connectivity index (χ0) is 13.7. The Hall–Kier alpha value is -2.09. The highest BCUT2D eigenvalue weighted by Gasteiger charge is 2.21. The summed E-state index contributed by atoms with van der Waals surface area (Å²) < 4.78 is 12.8. The Morgan fingerprint density at radius 1 is 1.37 bits per heavy atom. The van der Waals surface area contributed by atoms with E-state index in [1.807, 2.05) is 0 Å². The van der Waals surface area contributed by atoms with E-state index in [4.69, 9.17) is 5.26 Å². The Morgan fingerprint density at radius 2 is 2.00 bits per heavy atom. The first-order valence-corrected chi connectivity index (χ1v) is 6.38. The van der Waals surface area contributed by atoms with E-state index in [0.717, 1.165) is 25.9 Å². The van der Waals surface area contributed by atoms with E-state index >= 15 is 0 Å². The molecule has 0 aliphatic carbocycles. The van der Waals surface area contributed by atoms with Gasteiger partial charge in [0.2, 0.25) is 5.91 Å². The number of nitriles is 1. The number of hydrogen-bond donors (Lipinski definition) is 1. The van der Waals surface area contributed by atoms with Crippen LogP contribution in [-0.4, -0.2) is 29.9 Å². The van der Waals surface area contributed by atoms with Gasteiger partial charge in [-0.3, -0.25) is 4.79 Å². The van der Waals surface area contributed by atoms with Gasteiger partial charge < -0.3 is 10.2 Å². The fourth-order valence-electron chi connectivity index (χ4n) is 2.15. The van der Waals surface area contributed by atoms with Gasteiger partial charge in [0, 0.05) is 18.8 Å². The number of rotatable bonds is 4. The van der Waals surface area contributed by atoms with Crippen LogP contribution in [0.4, 0.5) is 10.1 Å². The second-order valence-electron chi connectivity index (χ2n) is 4.62. The number of nitrogens with one attached hydrogen (secondary N) is 1. The van der Waals surface area contributed by atoms with Crippen molar-refractivity contribution in [1.29, 1.82) is 5.26 Å². The van der Waals surface area contributed by atoms with Crippen molar-refractivity contribution >= 4 is 11.6 Å². The minimum Gasteiger partial charge on any atom is -0.369 e. The first-order valence-electron chi connectivity index (χ1n) is 6.38. The monoisotopic (exact) mass is 261 g/mol. The number of benzene rings is 1. The maximum atomic E-state index is 12.8. The van der Waals surface area contributed by atoms with Crippen molar-refractivity contribution in [2.75, 3.05) is 18.4 Å². The van der Waals surface area contributed by atoms with Gasteiger partial charge in [-0.2, -0.15) is 5.26 Å². The summed E-state index contributed by atoms with van der Waals surface area (Å²) in [6.07, 6.45) is 2.22. The number of carbonyl (C=O) groups excluding carboxylic acids is 1. The van der Waals surface area contributed by atoms with Crippen LogP contribution in [0.1, 0.15) is 19.3 Å². The van der Waals surface area contributed by atoms with Crippen molar-refractivity contribution in [3.8, 4) is 6.07 Å². The van der Waals surface area contributed by atoms with Gasteiger partial charge in [0.25, 0.3) is 0 Å². The highest BCUT2D eigenvalue weighted by Crippen LogP contribution is 2.14. The molecule has 1 fully saturated rings. The third-order valence-electron chi connectivity index (χ3n) is 3.18. The van der Waals surface area contributed by atoms with Gasteiger partial charge in [0.15, 0.2) is 0 Å². The Morgan fingerprint density at radius 3 is 2.58 bits per heavy atom. The zero-order valence-corrected chi connectivity index (χ0v) is 10.6. The van der Waals surface area contributed by atoms with Crippen molar-refractivity contribution in [2.45, 2.75) is 25.3 Å². The van der Waals surface area contributed by atoms with Crippen molar-refractivity contribution in [1.82, 2.24) is 4.90 Å². The Balaban J connectivity index is 1.91. The summed E-state index contributed by atoms with van der Waals surface area (Å²) >= 11 is 0. The topological polar surface area (TPSA) is 56.1 Å². The van der Waals surface area contributed by atoms with E-state index in [2.05, 4.69) is 11.4 Å². The molecule has 1 aromatic rings. The van der Waals surface area contributed by atoms with Crippen LogP contribution in [-0.2, 0) is 4.79 Å². The van der Waals surface area contributed by atoms with E-state index < -0.39 is 6.04 Å². The molecule has 1 N–H and O–H groups in total. The maximum absolute atomic E-state index is 12.8. The fourth-order valence-corrected chi connectivity index (χ4v) is 2.15. The van der Waals surface area contributed by atoms with E-state index in [1.54, 1.807) is 17.0 Å². The van der Waals surface area contributed by atoms with Gasteiger partial charge in [0.1, 0.15) is 11.9 Å². The van der Waals surface area contributed by atoms with Crippen molar-refractivity contribution < 1.29 is 9.18 Å². The van der Waals surface area contributed by atoms with E-state index in [1.165, 1.54) is 12.1 Å². The Kier molecular flexibility index (Phi) is 4.35. The van der Waals surface area contributed by atoms with E-state index in [0.29, 0.717) is 5.69 Å². The summed E-state index contributed by atoms with van der Waals surface area (Å²) in [5.74, 6) is -0.328. The largest absolute Gasteiger partial charge is 0.369 e. The number of carbonyl (C=O) groups is 1. The minimum absolute atomic E-state index is 0.00124. The number of nitrogens with zero attached hydrogens (tertiary/aromatic N) is 2. The second-order valence-corrected chi connectivity index (χ2v) is 4.62. The predicted molar refractivity (Wildman–Crippen MR) is 69.9 cm³/mol. The highest BCUT2D eigenvalue weighted by atomic mass is 19.1. The highest BCUT2D eigenvalue weighted by molar-refractivity contribution is 5.78. The van der Waals surface area contributed by atoms with Crippen LogP contribution in [0.2, 0.25) is 0 Å². The summed E-state index contributed by atoms with van der Waals surface area (Å²) in [5.41, 5.74) is 0.641. The van der Waals surface area contributed by atoms with Gasteiger partial charge in [0.05, 0.1) is 12.5 Å². The molecule has 1 atom stereocenters. The van der Waals surface area contributed by atoms with Crippen LogP contribution in [0.5, 0.6) is 0 Å². The molecule has 1 unspecified atom stereocenters. The molecule has 1 aliphatic rings. The van der Waals surface area contributed by atoms with Crippen molar-refractivity contribution in [3.63, 3.8) is 0 Å². The van der Waals surface area contributed by atoms with Crippen LogP contribution in [0.3, 0.4) is 0 Å². The van der Waals surface area contributed by atoms with Crippen LogP contribution < -0.4 is 5.32 Å². The normalized spacial score (nSPS) is 15.9. The molecule has 1 saturated heterocycles. The Bertz CT molecular complexity index is 474. The lowest BCUT2D eigenvalue weighted by atomic mass is 10.2. The maximum Gasteiger partial charge on any atom is 0.225 e. The molecule has 4 nitrogen and oxygen atoms in total. The number of halogens is 1. The van der Waals surface area contributed by atoms with Gasteiger partial charge in [-0.1, -0.05) is 0 Å². The molecule has 19 heavy (non-hydrogen) atoms. The number of likely N-dealkylation sites (tertiary alicyclic amines) is 1. The first-order chi connectivity index (χ1) is 9.19. The van der Waals surface area contributed by atoms with Crippen LogP contribution in [0.25, 0.3) is 0 Å². The average molecular weight is 261 g/mol. The lowest BCUT2D eigenvalue weighted by molar-refractivity contribution is -0.130. The lowest BCUT2D eigenvalue weighted by Crippen LogP contribution is -2.32. The number of amides is 1. The molecule has 2 rings (SSSR count). The molecular weight excluding hydrogens is 245 g/mol. The third kappa shape index (κ3) is 3.68. The molecule has 5 heteroatoms.